The first kappa shape index (κ1) is 11.2. The number of nitrogen functional groups attached to an aromatic ring is 1. The lowest BCUT2D eigenvalue weighted by Gasteiger charge is -2.16. The maximum atomic E-state index is 12.1. The Labute approximate surface area is 99.4 Å². The van der Waals surface area contributed by atoms with Gasteiger partial charge in [-0.2, -0.15) is 0 Å². The molecule has 0 bridgehead atoms. The van der Waals surface area contributed by atoms with Crippen LogP contribution in [0, 0.1) is 5.92 Å². The third kappa shape index (κ3) is 2.27. The van der Waals surface area contributed by atoms with Crippen molar-refractivity contribution < 1.29 is 4.79 Å². The lowest BCUT2D eigenvalue weighted by molar-refractivity contribution is 0.0788. The number of nitrogens with two attached hydrogens (primary N) is 1. The number of carbonyl (C=O) groups is 1. The van der Waals surface area contributed by atoms with Gasteiger partial charge in [0.25, 0.3) is 5.91 Å². The second kappa shape index (κ2) is 4.29. The fourth-order valence-corrected chi connectivity index (χ4v) is 2.16. The van der Waals surface area contributed by atoms with E-state index in [2.05, 4.69) is 11.9 Å². The average molecular weight is 240 g/mol. The number of nitrogens with zero attached hydrogens (tertiary/aromatic N) is 2. The summed E-state index contributed by atoms with van der Waals surface area (Å²) in [6.45, 7) is 3.75. The summed E-state index contributed by atoms with van der Waals surface area (Å²) < 4.78 is 0. The molecule has 1 fully saturated rings. The van der Waals surface area contributed by atoms with Gasteiger partial charge in [0.15, 0.2) is 0 Å². The highest BCUT2D eigenvalue weighted by atomic mass is 35.5. The molecule has 1 aliphatic rings. The molecule has 1 atom stereocenters. The van der Waals surface area contributed by atoms with Crippen LogP contribution in [0.2, 0.25) is 5.15 Å². The van der Waals surface area contributed by atoms with Crippen LogP contribution in [0.3, 0.4) is 0 Å². The van der Waals surface area contributed by atoms with E-state index in [1.165, 1.54) is 0 Å². The Balaban J connectivity index is 2.20. The molecule has 0 aromatic carbocycles. The van der Waals surface area contributed by atoms with E-state index in [4.69, 9.17) is 17.3 Å². The van der Waals surface area contributed by atoms with Crippen molar-refractivity contribution in [3.8, 4) is 0 Å². The monoisotopic (exact) mass is 239 g/mol. The first-order valence-corrected chi connectivity index (χ1v) is 5.66. The first-order chi connectivity index (χ1) is 7.56. The molecule has 1 unspecified atom stereocenters. The molecule has 0 aliphatic carbocycles. The second-order valence-corrected chi connectivity index (χ2v) is 4.64. The van der Waals surface area contributed by atoms with Gasteiger partial charge in [0.1, 0.15) is 11.0 Å². The third-order valence-electron chi connectivity index (χ3n) is 2.77. The Hall–Kier alpha value is -1.29. The Kier molecular flexibility index (Phi) is 3.01. The second-order valence-electron chi connectivity index (χ2n) is 4.25. The summed E-state index contributed by atoms with van der Waals surface area (Å²) in [5.41, 5.74) is 6.08. The van der Waals surface area contributed by atoms with Crippen molar-refractivity contribution in [1.82, 2.24) is 9.88 Å². The van der Waals surface area contributed by atoms with Gasteiger partial charge in [-0.1, -0.05) is 18.5 Å². The molecular weight excluding hydrogens is 226 g/mol. The Morgan fingerprint density at radius 2 is 2.38 bits per heavy atom. The van der Waals surface area contributed by atoms with Crippen LogP contribution in [-0.2, 0) is 0 Å². The standard InChI is InChI=1S/C11H14ClN3O/c1-7-2-3-15(6-7)11(16)8-4-9(12)14-10(13)5-8/h4-5,7H,2-3,6H2,1H3,(H2,13,14). The molecule has 2 rings (SSSR count). The van der Waals surface area contributed by atoms with E-state index >= 15 is 0 Å². The molecule has 1 aromatic heterocycles. The minimum Gasteiger partial charge on any atom is -0.384 e. The number of hydrogen-bond acceptors (Lipinski definition) is 3. The number of hydrogen-bond donors (Lipinski definition) is 1. The van der Waals surface area contributed by atoms with Crippen LogP contribution in [0.25, 0.3) is 0 Å². The van der Waals surface area contributed by atoms with Gasteiger partial charge in [-0.05, 0) is 24.5 Å². The maximum absolute atomic E-state index is 12.1. The van der Waals surface area contributed by atoms with Gasteiger partial charge >= 0.3 is 0 Å². The van der Waals surface area contributed by atoms with Gasteiger partial charge in [-0.15, -0.1) is 0 Å². The minimum atomic E-state index is -0.0136. The summed E-state index contributed by atoms with van der Waals surface area (Å²) in [5, 5.41) is 0.260. The van der Waals surface area contributed by atoms with Crippen molar-refractivity contribution in [3.05, 3.63) is 22.8 Å². The van der Waals surface area contributed by atoms with Crippen LogP contribution >= 0.6 is 11.6 Å². The highest BCUT2D eigenvalue weighted by molar-refractivity contribution is 6.29. The fourth-order valence-electron chi connectivity index (χ4n) is 1.94. The van der Waals surface area contributed by atoms with Crippen LogP contribution in [-0.4, -0.2) is 28.9 Å². The predicted molar refractivity (Wildman–Crippen MR) is 63.3 cm³/mol. The van der Waals surface area contributed by atoms with E-state index in [1.54, 1.807) is 12.1 Å². The van der Waals surface area contributed by atoms with E-state index < -0.39 is 0 Å². The minimum absolute atomic E-state index is 0.0136. The van der Waals surface area contributed by atoms with Crippen molar-refractivity contribution in [2.75, 3.05) is 18.8 Å². The molecule has 4 nitrogen and oxygen atoms in total. The maximum Gasteiger partial charge on any atom is 0.254 e. The summed E-state index contributed by atoms with van der Waals surface area (Å²) >= 11 is 5.77. The molecule has 2 N–H and O–H groups in total. The summed E-state index contributed by atoms with van der Waals surface area (Å²) in [6.07, 6.45) is 1.06. The molecule has 0 radical (unpaired) electrons. The van der Waals surface area contributed by atoms with E-state index in [9.17, 15) is 4.79 Å². The fraction of sp³-hybridized carbons (Fsp3) is 0.455. The van der Waals surface area contributed by atoms with E-state index in [0.717, 1.165) is 19.5 Å². The third-order valence-corrected chi connectivity index (χ3v) is 2.97. The largest absolute Gasteiger partial charge is 0.384 e. The average Bonchev–Trinajstić information content (AvgIpc) is 2.62. The molecule has 5 heteroatoms. The molecule has 1 aromatic rings. The van der Waals surface area contributed by atoms with Crippen molar-refractivity contribution in [3.63, 3.8) is 0 Å². The number of anilines is 1. The van der Waals surface area contributed by atoms with Gasteiger partial charge in [0, 0.05) is 18.7 Å². The van der Waals surface area contributed by atoms with E-state index in [-0.39, 0.29) is 16.9 Å². The first-order valence-electron chi connectivity index (χ1n) is 5.28. The van der Waals surface area contributed by atoms with Gasteiger partial charge < -0.3 is 10.6 Å². The number of rotatable bonds is 1. The Bertz CT molecular complexity index is 401. The van der Waals surface area contributed by atoms with Crippen LogP contribution in [0.1, 0.15) is 23.7 Å². The zero-order chi connectivity index (χ0) is 11.7. The van der Waals surface area contributed by atoms with Crippen molar-refractivity contribution >= 4 is 23.3 Å². The lowest BCUT2D eigenvalue weighted by Crippen LogP contribution is -2.28. The molecule has 1 aliphatic heterocycles. The summed E-state index contributed by atoms with van der Waals surface area (Å²) in [7, 11) is 0. The highest BCUT2D eigenvalue weighted by Gasteiger charge is 2.24. The molecule has 0 saturated carbocycles. The number of amides is 1. The molecule has 0 spiro atoms. The number of pyridine rings is 1. The number of halogens is 1. The zero-order valence-electron chi connectivity index (χ0n) is 9.11. The summed E-state index contributed by atoms with van der Waals surface area (Å²) in [6, 6.07) is 3.13. The summed E-state index contributed by atoms with van der Waals surface area (Å²) in [5.74, 6) is 0.835. The van der Waals surface area contributed by atoms with Gasteiger partial charge in [-0.3, -0.25) is 4.79 Å². The molecule has 86 valence electrons. The van der Waals surface area contributed by atoms with Crippen molar-refractivity contribution in [1.29, 1.82) is 0 Å². The normalized spacial score (nSPS) is 20.1. The number of likely N-dealkylation sites (tertiary alicyclic amines) is 1. The zero-order valence-corrected chi connectivity index (χ0v) is 9.87. The van der Waals surface area contributed by atoms with Crippen LogP contribution in [0.4, 0.5) is 5.82 Å². The topological polar surface area (TPSA) is 59.2 Å². The molecule has 2 heterocycles. The highest BCUT2D eigenvalue weighted by Crippen LogP contribution is 2.20. The van der Waals surface area contributed by atoms with Crippen molar-refractivity contribution in [2.45, 2.75) is 13.3 Å². The molecular formula is C11H14ClN3O. The van der Waals surface area contributed by atoms with Gasteiger partial charge in [-0.25, -0.2) is 4.98 Å². The van der Waals surface area contributed by atoms with Gasteiger partial charge in [0.2, 0.25) is 0 Å². The SMILES string of the molecule is CC1CCN(C(=O)c2cc(N)nc(Cl)c2)C1. The van der Waals surface area contributed by atoms with Crippen LogP contribution in [0.5, 0.6) is 0 Å². The summed E-state index contributed by atoms with van der Waals surface area (Å²) in [4.78, 5) is 17.7. The van der Waals surface area contributed by atoms with Crippen LogP contribution < -0.4 is 5.73 Å². The molecule has 1 saturated heterocycles. The smallest absolute Gasteiger partial charge is 0.254 e. The van der Waals surface area contributed by atoms with E-state index in [1.807, 2.05) is 4.90 Å². The van der Waals surface area contributed by atoms with Crippen molar-refractivity contribution in [2.24, 2.45) is 5.92 Å². The molecule has 1 amide bonds. The van der Waals surface area contributed by atoms with Gasteiger partial charge in [0.05, 0.1) is 0 Å². The Morgan fingerprint density at radius 1 is 1.62 bits per heavy atom. The lowest BCUT2D eigenvalue weighted by atomic mass is 10.2. The van der Waals surface area contributed by atoms with E-state index in [0.29, 0.717) is 11.5 Å². The number of carbonyl (C=O) groups excluding carboxylic acids is 1. The molecule has 16 heavy (non-hydrogen) atoms. The number of aromatic nitrogens is 1. The predicted octanol–water partition coefficient (Wildman–Crippen LogP) is 1.80. The quantitative estimate of drug-likeness (QED) is 0.761. The Morgan fingerprint density at radius 3 is 2.94 bits per heavy atom. The van der Waals surface area contributed by atoms with Crippen LogP contribution in [0.15, 0.2) is 12.1 Å².